The van der Waals surface area contributed by atoms with E-state index in [9.17, 15) is 4.79 Å². The predicted octanol–water partition coefficient (Wildman–Crippen LogP) is -0.766. The van der Waals surface area contributed by atoms with Crippen LogP contribution in [0.15, 0.2) is 4.99 Å². The lowest BCUT2D eigenvalue weighted by Gasteiger charge is -2.06. The number of ether oxygens (including phenoxy) is 1. The molecule has 0 aliphatic rings. The van der Waals surface area contributed by atoms with Gasteiger partial charge in [-0.15, -0.1) is 0 Å². The van der Waals surface area contributed by atoms with E-state index in [1.807, 2.05) is 0 Å². The first-order valence-corrected chi connectivity index (χ1v) is 4.96. The second-order valence-electron chi connectivity index (χ2n) is 1.97. The first-order valence-electron chi connectivity index (χ1n) is 4.14. The Morgan fingerprint density at radius 3 is 2.59 bits per heavy atom. The van der Waals surface area contributed by atoms with Crippen LogP contribution in [0.3, 0.4) is 0 Å². The van der Waals surface area contributed by atoms with E-state index < -0.39 is 0 Å². The molecule has 0 aromatic heterocycles. The molecule has 0 aliphatic heterocycles. The van der Waals surface area contributed by atoms with Gasteiger partial charge >= 0.3 is 0 Å². The summed E-state index contributed by atoms with van der Waals surface area (Å²) in [6, 6.07) is 0. The minimum absolute atomic E-state index is 0.00273. The van der Waals surface area contributed by atoms with Gasteiger partial charge in [-0.1, -0.05) is 0 Å². The fourth-order valence-electron chi connectivity index (χ4n) is 0.446. The summed E-state index contributed by atoms with van der Waals surface area (Å²) in [6.45, 7) is -0.204. The average molecular weight is 266 g/mol. The number of rotatable bonds is 12. The van der Waals surface area contributed by atoms with Gasteiger partial charge in [-0.25, -0.2) is 4.79 Å². The molecular weight excluding hydrogens is 255 g/mol. The number of nitrogens with zero attached hydrogens (tertiary/aromatic N) is 2. The average Bonchev–Trinajstić information content (AvgIpc) is 2.35. The maximum absolute atomic E-state index is 9.62. The highest BCUT2D eigenvalue weighted by molar-refractivity contribution is 7.26. The molecule has 0 saturated heterocycles. The second kappa shape index (κ2) is 14.9. The summed E-state index contributed by atoms with van der Waals surface area (Å²) < 4.78 is 13.9. The minimum Gasteiger partial charge on any atom is -0.409 e. The van der Waals surface area contributed by atoms with Crippen LogP contribution in [0, 0.1) is 11.5 Å². The lowest BCUT2D eigenvalue weighted by molar-refractivity contribution is -0.0807. The van der Waals surface area contributed by atoms with E-state index in [1.54, 1.807) is 0 Å². The summed E-state index contributed by atoms with van der Waals surface area (Å²) in [6.07, 6.45) is 2.77. The number of hydrogen-bond donors (Lipinski definition) is 2. The molecule has 0 heterocycles. The molecule has 0 fully saturated rings. The van der Waals surface area contributed by atoms with E-state index in [0.717, 1.165) is 0 Å². The van der Waals surface area contributed by atoms with Crippen molar-refractivity contribution in [2.75, 3.05) is 27.0 Å². The Bertz CT molecular complexity index is 255. The molecule has 96 valence electrons. The summed E-state index contributed by atoms with van der Waals surface area (Å²) in [5.74, 6) is 0. The van der Waals surface area contributed by atoms with Crippen LogP contribution in [0.2, 0.25) is 0 Å². The van der Waals surface area contributed by atoms with Gasteiger partial charge in [0.15, 0.2) is 29.4 Å². The monoisotopic (exact) mass is 266 g/mol. The quantitative estimate of drug-likeness (QED) is 0.0891. The standard InChI is InChI=1S/C6H11N4O6P/c7-1-12-4-10-14-6-16-17-15-5-13-9-2-8-3-11/h9-10,17H,2,4-6H2. The van der Waals surface area contributed by atoms with Crippen molar-refractivity contribution in [3.8, 4) is 6.26 Å². The van der Waals surface area contributed by atoms with Crippen LogP contribution in [-0.4, -0.2) is 33.1 Å². The van der Waals surface area contributed by atoms with Crippen LogP contribution in [0.4, 0.5) is 0 Å². The molecule has 10 nitrogen and oxygen atoms in total. The van der Waals surface area contributed by atoms with Crippen molar-refractivity contribution in [1.29, 1.82) is 5.26 Å². The first kappa shape index (κ1) is 15.9. The number of hydrogen-bond acceptors (Lipinski definition) is 10. The second-order valence-corrected chi connectivity index (χ2v) is 2.72. The molecular formula is C6H11N4O6P. The van der Waals surface area contributed by atoms with Crippen molar-refractivity contribution in [1.82, 2.24) is 11.0 Å². The Morgan fingerprint density at radius 1 is 1.24 bits per heavy atom. The molecule has 1 atom stereocenters. The highest BCUT2D eigenvalue weighted by Crippen LogP contribution is 2.11. The first-order chi connectivity index (χ1) is 8.41. The molecule has 2 N–H and O–H groups in total. The number of hydroxylamine groups is 2. The van der Waals surface area contributed by atoms with Crippen LogP contribution in [0.5, 0.6) is 0 Å². The molecule has 17 heavy (non-hydrogen) atoms. The number of nitrogens with one attached hydrogen (secondary N) is 2. The van der Waals surface area contributed by atoms with Crippen LogP contribution in [0.25, 0.3) is 0 Å². The molecule has 1 unspecified atom stereocenters. The lowest BCUT2D eigenvalue weighted by atomic mass is 11.2. The van der Waals surface area contributed by atoms with Gasteiger partial charge in [-0.05, 0) is 0 Å². The summed E-state index contributed by atoms with van der Waals surface area (Å²) >= 11 is 0. The van der Waals surface area contributed by atoms with Crippen molar-refractivity contribution in [3.05, 3.63) is 0 Å². The summed E-state index contributed by atoms with van der Waals surface area (Å²) in [5.41, 5.74) is 4.61. The number of carbonyl (C=O) groups excluding carboxylic acids is 1. The minimum atomic E-state index is -0.287. The topological polar surface area (TPSA) is 123 Å². The molecule has 0 radical (unpaired) electrons. The molecule has 0 spiro atoms. The third-order valence-corrected chi connectivity index (χ3v) is 1.43. The highest BCUT2D eigenvalue weighted by Gasteiger charge is 1.90. The van der Waals surface area contributed by atoms with E-state index in [0.29, 0.717) is 0 Å². The number of aliphatic imine (C=N–C) groups is 1. The van der Waals surface area contributed by atoms with Crippen molar-refractivity contribution in [3.63, 3.8) is 0 Å². The molecule has 0 rings (SSSR count). The Labute approximate surface area is 98.7 Å². The van der Waals surface area contributed by atoms with Crippen LogP contribution in [0.1, 0.15) is 0 Å². The van der Waals surface area contributed by atoms with Gasteiger partial charge in [-0.3, -0.25) is 9.68 Å². The van der Waals surface area contributed by atoms with E-state index in [1.165, 1.54) is 12.3 Å². The molecule has 0 aromatic rings. The van der Waals surface area contributed by atoms with Crippen molar-refractivity contribution >= 4 is 15.1 Å². The fraction of sp³-hybridized carbons (Fsp3) is 0.667. The molecule has 0 saturated carbocycles. The predicted molar refractivity (Wildman–Crippen MR) is 53.2 cm³/mol. The SMILES string of the molecule is N#COCNOCOPOCONCN=C=O. The van der Waals surface area contributed by atoms with Gasteiger partial charge in [0, 0.05) is 0 Å². The fourth-order valence-corrected chi connectivity index (χ4v) is 0.743. The molecule has 11 heteroatoms. The zero-order valence-corrected chi connectivity index (χ0v) is 9.67. The molecule has 0 bridgehead atoms. The van der Waals surface area contributed by atoms with Crippen LogP contribution in [-0.2, 0) is 28.3 Å². The molecule has 0 aromatic carbocycles. The summed E-state index contributed by atoms with van der Waals surface area (Å²) in [4.78, 5) is 22.1. The van der Waals surface area contributed by atoms with Gasteiger partial charge in [0.25, 0.3) is 6.26 Å². The smallest absolute Gasteiger partial charge is 0.287 e. The van der Waals surface area contributed by atoms with Crippen LogP contribution < -0.4 is 11.0 Å². The van der Waals surface area contributed by atoms with Gasteiger partial charge in [-0.2, -0.15) is 21.2 Å². The number of nitriles is 1. The van der Waals surface area contributed by atoms with E-state index in [4.69, 9.17) is 14.3 Å². The van der Waals surface area contributed by atoms with Crippen molar-refractivity contribution in [2.45, 2.75) is 0 Å². The van der Waals surface area contributed by atoms with Gasteiger partial charge in [0.05, 0.1) is 0 Å². The zero-order chi connectivity index (χ0) is 12.6. The molecule has 0 aliphatic carbocycles. The van der Waals surface area contributed by atoms with Crippen molar-refractivity contribution in [2.24, 2.45) is 4.99 Å². The largest absolute Gasteiger partial charge is 0.409 e. The van der Waals surface area contributed by atoms with E-state index >= 15 is 0 Å². The Morgan fingerprint density at radius 2 is 1.94 bits per heavy atom. The third-order valence-electron chi connectivity index (χ3n) is 0.961. The van der Waals surface area contributed by atoms with Gasteiger partial charge in [0.1, 0.15) is 6.67 Å². The maximum Gasteiger partial charge on any atom is 0.287 e. The number of isocyanates is 1. The Balaban J connectivity index is 2.94. The van der Waals surface area contributed by atoms with E-state index in [-0.39, 0.29) is 36.0 Å². The summed E-state index contributed by atoms with van der Waals surface area (Å²) in [7, 11) is -0.287. The van der Waals surface area contributed by atoms with E-state index in [2.05, 4.69) is 30.4 Å². The lowest BCUT2D eigenvalue weighted by Crippen LogP contribution is -2.18. The van der Waals surface area contributed by atoms with Crippen molar-refractivity contribution < 1.29 is 28.3 Å². The third kappa shape index (κ3) is 14.9. The normalized spacial score (nSPS) is 10.1. The highest BCUT2D eigenvalue weighted by atomic mass is 31.1. The maximum atomic E-state index is 9.62. The van der Waals surface area contributed by atoms with Gasteiger partial charge in [0.2, 0.25) is 6.08 Å². The van der Waals surface area contributed by atoms with Crippen LogP contribution >= 0.6 is 9.03 Å². The van der Waals surface area contributed by atoms with Gasteiger partial charge < -0.3 is 13.8 Å². The molecule has 0 amide bonds. The Hall–Kier alpha value is -1.14. The zero-order valence-electron chi connectivity index (χ0n) is 8.67. The Kier molecular flexibility index (Phi) is 13.9. The summed E-state index contributed by atoms with van der Waals surface area (Å²) in [5, 5.41) is 7.98.